The van der Waals surface area contributed by atoms with Crippen LogP contribution in [0.2, 0.25) is 0 Å². The van der Waals surface area contributed by atoms with Gasteiger partial charge in [0.15, 0.2) is 5.75 Å². The van der Waals surface area contributed by atoms with Crippen LogP contribution in [0.4, 0.5) is 11.6 Å². The fraction of sp³-hybridized carbons (Fsp3) is 0.312. The molecule has 0 saturated carbocycles. The number of methoxy groups -OCH3 is 1. The molecule has 11 heteroatoms. The molecular weight excluding hydrogens is 358 g/mol. The van der Waals surface area contributed by atoms with Crippen molar-refractivity contribution in [1.82, 2.24) is 14.8 Å². The molecule has 0 spiro atoms. The second-order valence-electron chi connectivity index (χ2n) is 5.70. The predicted molar refractivity (Wildman–Crippen MR) is 92.4 cm³/mol. The largest absolute Gasteiger partial charge is 0.500 e. The third-order valence-corrected chi connectivity index (χ3v) is 4.18. The first kappa shape index (κ1) is 18.2. The summed E-state index contributed by atoms with van der Waals surface area (Å²) in [5.74, 6) is -1.89. The second kappa shape index (κ2) is 6.94. The number of aromatic hydroxyl groups is 1. The maximum absolute atomic E-state index is 12.6. The number of ether oxygens (including phenoxy) is 2. The van der Waals surface area contributed by atoms with Crippen molar-refractivity contribution in [3.63, 3.8) is 0 Å². The minimum atomic E-state index is -0.923. The molecule has 2 heterocycles. The van der Waals surface area contributed by atoms with Crippen LogP contribution in [0.25, 0.3) is 0 Å². The highest BCUT2D eigenvalue weighted by Crippen LogP contribution is 2.44. The van der Waals surface area contributed by atoms with Crippen LogP contribution in [0, 0.1) is 16.0 Å². The quantitative estimate of drug-likeness (QED) is 0.453. The van der Waals surface area contributed by atoms with E-state index in [4.69, 9.17) is 9.47 Å². The normalized spacial score (nSPS) is 18.4. The van der Waals surface area contributed by atoms with E-state index in [1.807, 2.05) is 0 Å². The predicted octanol–water partition coefficient (Wildman–Crippen LogP) is 1.61. The number of hydrogen-bond donors (Lipinski definition) is 2. The molecule has 1 aliphatic heterocycles. The number of phenols is 1. The van der Waals surface area contributed by atoms with Gasteiger partial charge in [-0.05, 0) is 18.6 Å². The van der Waals surface area contributed by atoms with Crippen LogP contribution in [0.3, 0.4) is 0 Å². The minimum absolute atomic E-state index is 0.104. The fourth-order valence-corrected chi connectivity index (χ4v) is 3.01. The zero-order valence-electron chi connectivity index (χ0n) is 14.6. The Morgan fingerprint density at radius 1 is 1.52 bits per heavy atom. The summed E-state index contributed by atoms with van der Waals surface area (Å²) in [6.45, 7) is 5.68. The molecule has 0 fully saturated rings. The Morgan fingerprint density at radius 2 is 2.26 bits per heavy atom. The van der Waals surface area contributed by atoms with E-state index in [-0.39, 0.29) is 12.4 Å². The van der Waals surface area contributed by atoms with Crippen molar-refractivity contribution in [2.24, 2.45) is 5.92 Å². The minimum Gasteiger partial charge on any atom is -0.500 e. The summed E-state index contributed by atoms with van der Waals surface area (Å²) in [7, 11) is 1.27. The van der Waals surface area contributed by atoms with Gasteiger partial charge < -0.3 is 19.9 Å². The number of aromatic nitrogens is 3. The Bertz CT molecular complexity index is 924. The Kier molecular flexibility index (Phi) is 4.67. The molecule has 27 heavy (non-hydrogen) atoms. The van der Waals surface area contributed by atoms with Gasteiger partial charge in [-0.2, -0.15) is 10.1 Å². The Labute approximate surface area is 153 Å². The van der Waals surface area contributed by atoms with Gasteiger partial charge >= 0.3 is 11.7 Å². The van der Waals surface area contributed by atoms with Crippen molar-refractivity contribution in [1.29, 1.82) is 0 Å². The van der Waals surface area contributed by atoms with E-state index in [2.05, 4.69) is 22.0 Å². The number of esters is 1. The van der Waals surface area contributed by atoms with Crippen molar-refractivity contribution < 1.29 is 24.3 Å². The van der Waals surface area contributed by atoms with E-state index in [1.54, 1.807) is 6.92 Å². The number of nitro groups is 1. The second-order valence-corrected chi connectivity index (χ2v) is 5.70. The lowest BCUT2D eigenvalue weighted by molar-refractivity contribution is -0.386. The zero-order chi connectivity index (χ0) is 19.7. The number of rotatable bonds is 5. The van der Waals surface area contributed by atoms with Gasteiger partial charge in [-0.15, -0.1) is 0 Å². The molecular formula is C16H17N5O6. The number of fused-ring (bicyclic) bond motifs is 1. The molecule has 1 aromatic carbocycles. The lowest BCUT2D eigenvalue weighted by Gasteiger charge is -2.33. The molecule has 11 nitrogen and oxygen atoms in total. The monoisotopic (exact) mass is 375 g/mol. The van der Waals surface area contributed by atoms with Gasteiger partial charge in [-0.25, -0.2) is 4.68 Å². The van der Waals surface area contributed by atoms with Crippen LogP contribution in [-0.4, -0.2) is 44.5 Å². The summed E-state index contributed by atoms with van der Waals surface area (Å²) >= 11 is 0. The van der Waals surface area contributed by atoms with Crippen LogP contribution in [-0.2, 0) is 9.53 Å². The number of phenolic OH excluding ortho intramolecular Hbond substituents is 1. The number of nitro benzene ring substituents is 1. The molecule has 3 rings (SSSR count). The molecule has 0 bridgehead atoms. The molecule has 0 aliphatic carbocycles. The summed E-state index contributed by atoms with van der Waals surface area (Å²) in [5, 5.41) is 28.4. The summed E-state index contributed by atoms with van der Waals surface area (Å²) in [4.78, 5) is 27.2. The summed E-state index contributed by atoms with van der Waals surface area (Å²) in [6.07, 6.45) is 1.28. The molecule has 1 aliphatic rings. The van der Waals surface area contributed by atoms with E-state index in [1.165, 1.54) is 30.3 Å². The number of nitrogens with zero attached hydrogens (tertiary/aromatic N) is 4. The van der Waals surface area contributed by atoms with Gasteiger partial charge in [0.25, 0.3) is 0 Å². The van der Waals surface area contributed by atoms with Crippen LogP contribution in [0.15, 0.2) is 30.7 Å². The number of anilines is 1. The van der Waals surface area contributed by atoms with Gasteiger partial charge in [0.1, 0.15) is 12.2 Å². The average molecular weight is 375 g/mol. The first-order valence-electron chi connectivity index (χ1n) is 7.96. The van der Waals surface area contributed by atoms with Crippen molar-refractivity contribution in [3.8, 4) is 11.5 Å². The molecule has 2 N–H and O–H groups in total. The number of carbonyl (C=O) groups is 1. The van der Waals surface area contributed by atoms with Crippen LogP contribution >= 0.6 is 0 Å². The van der Waals surface area contributed by atoms with Gasteiger partial charge in [-0.1, -0.05) is 6.58 Å². The third-order valence-electron chi connectivity index (χ3n) is 4.18. The fourth-order valence-electron chi connectivity index (χ4n) is 3.01. The molecule has 0 saturated heterocycles. The van der Waals surface area contributed by atoms with Gasteiger partial charge in [0.2, 0.25) is 11.7 Å². The SMILES string of the molecule is C=C1Nc2ncnn2C(c2cc(OC)c(O)c([N+](=O)[O-])c2)C1C(=O)OCC. The van der Waals surface area contributed by atoms with Crippen molar-refractivity contribution in [3.05, 3.63) is 46.4 Å². The number of carbonyl (C=O) groups excluding carboxylic acids is 1. The number of nitrogens with one attached hydrogen (secondary N) is 1. The highest BCUT2D eigenvalue weighted by molar-refractivity contribution is 5.79. The third kappa shape index (κ3) is 3.03. The van der Waals surface area contributed by atoms with Crippen molar-refractivity contribution in [2.75, 3.05) is 19.0 Å². The molecule has 0 amide bonds. The highest BCUT2D eigenvalue weighted by atomic mass is 16.6. The van der Waals surface area contributed by atoms with E-state index in [0.717, 1.165) is 0 Å². The standard InChI is InChI=1S/C16H17N5O6/c1-4-27-15(23)12-8(2)19-16-17-7-18-20(16)13(12)9-5-10(21(24)25)14(22)11(6-9)26-3/h5-7,12-13,22H,2,4H2,1,3H3,(H,17,18,19). The first-order valence-corrected chi connectivity index (χ1v) is 7.96. The smallest absolute Gasteiger partial charge is 0.317 e. The molecule has 1 aromatic heterocycles. The molecule has 0 radical (unpaired) electrons. The molecule has 2 unspecified atom stereocenters. The van der Waals surface area contributed by atoms with Gasteiger partial charge in [-0.3, -0.25) is 14.9 Å². The number of hydrogen-bond acceptors (Lipinski definition) is 9. The maximum atomic E-state index is 12.6. The van der Waals surface area contributed by atoms with E-state index >= 15 is 0 Å². The van der Waals surface area contributed by atoms with E-state index in [0.29, 0.717) is 17.2 Å². The molecule has 2 atom stereocenters. The molecule has 142 valence electrons. The Balaban J connectivity index is 2.22. The van der Waals surface area contributed by atoms with Crippen LogP contribution in [0.5, 0.6) is 11.5 Å². The topological polar surface area (TPSA) is 142 Å². The molecule has 2 aromatic rings. The summed E-state index contributed by atoms with van der Waals surface area (Å²) in [6, 6.07) is 1.74. The van der Waals surface area contributed by atoms with E-state index < -0.39 is 34.3 Å². The summed E-state index contributed by atoms with van der Waals surface area (Å²) in [5.41, 5.74) is 0.0650. The van der Waals surface area contributed by atoms with E-state index in [9.17, 15) is 20.0 Å². The zero-order valence-corrected chi connectivity index (χ0v) is 14.6. The van der Waals surface area contributed by atoms with Gasteiger partial charge in [0, 0.05) is 11.8 Å². The Hall–Kier alpha value is -3.63. The lowest BCUT2D eigenvalue weighted by atomic mass is 9.88. The highest BCUT2D eigenvalue weighted by Gasteiger charge is 2.41. The number of benzene rings is 1. The van der Waals surface area contributed by atoms with Gasteiger partial charge in [0.05, 0.1) is 24.7 Å². The van der Waals surface area contributed by atoms with Crippen LogP contribution in [0.1, 0.15) is 18.5 Å². The van der Waals surface area contributed by atoms with Crippen molar-refractivity contribution >= 4 is 17.6 Å². The van der Waals surface area contributed by atoms with Crippen LogP contribution < -0.4 is 10.1 Å². The average Bonchev–Trinajstić information content (AvgIpc) is 3.08. The van der Waals surface area contributed by atoms with Crippen molar-refractivity contribution in [2.45, 2.75) is 13.0 Å². The Morgan fingerprint density at radius 3 is 2.89 bits per heavy atom. The first-order chi connectivity index (χ1) is 12.9. The maximum Gasteiger partial charge on any atom is 0.317 e. The lowest BCUT2D eigenvalue weighted by Crippen LogP contribution is -2.37. The summed E-state index contributed by atoms with van der Waals surface area (Å²) < 4.78 is 11.6.